The fourth-order valence-corrected chi connectivity index (χ4v) is 3.91. The molecule has 0 aliphatic heterocycles. The lowest BCUT2D eigenvalue weighted by molar-refractivity contribution is -0.708. The van der Waals surface area contributed by atoms with Crippen molar-refractivity contribution >= 4 is 17.2 Å². The van der Waals surface area contributed by atoms with E-state index in [-0.39, 0.29) is 18.0 Å². The highest BCUT2D eigenvalue weighted by Crippen LogP contribution is 2.25. The van der Waals surface area contributed by atoms with E-state index in [1.165, 1.54) is 4.40 Å². The first-order valence-corrected chi connectivity index (χ1v) is 11.1. The molecule has 0 atom stereocenters. The molecule has 0 unspecified atom stereocenters. The number of pyridine rings is 2. The van der Waals surface area contributed by atoms with Gasteiger partial charge < -0.3 is 9.84 Å². The molecular weight excluding hydrogens is 450 g/mol. The molecule has 5 aromatic rings. The van der Waals surface area contributed by atoms with Crippen molar-refractivity contribution in [3.63, 3.8) is 0 Å². The van der Waals surface area contributed by atoms with Crippen LogP contribution in [0.25, 0.3) is 16.8 Å². The van der Waals surface area contributed by atoms with Crippen LogP contribution in [0.5, 0.6) is 17.4 Å². The molecule has 0 aliphatic carbocycles. The highest BCUT2D eigenvalue weighted by molar-refractivity contribution is 6.29. The van der Waals surface area contributed by atoms with Crippen LogP contribution in [0.2, 0.25) is 5.15 Å². The Morgan fingerprint density at radius 3 is 2.41 bits per heavy atom. The molecule has 0 amide bonds. The van der Waals surface area contributed by atoms with Gasteiger partial charge in [0.05, 0.1) is 5.88 Å². The van der Waals surface area contributed by atoms with Gasteiger partial charge in [0.25, 0.3) is 5.65 Å². The Balaban J connectivity index is 1.69. The number of aromatic nitrogens is 3. The van der Waals surface area contributed by atoms with E-state index in [0.717, 1.165) is 11.1 Å². The first kappa shape index (κ1) is 21.7. The summed E-state index contributed by atoms with van der Waals surface area (Å²) in [5.41, 5.74) is 2.58. The molecule has 0 radical (unpaired) electrons. The number of nitrogens with zero attached hydrogens (tertiary/aromatic N) is 3. The van der Waals surface area contributed by atoms with Crippen molar-refractivity contribution < 1.29 is 14.4 Å². The van der Waals surface area contributed by atoms with Crippen LogP contribution >= 0.6 is 11.6 Å². The molecule has 168 valence electrons. The Bertz CT molecular complexity index is 1530. The average molecular weight is 470 g/mol. The topological polar surface area (TPSA) is 70.5 Å². The first-order chi connectivity index (χ1) is 16.5. The van der Waals surface area contributed by atoms with Crippen LogP contribution in [-0.4, -0.2) is 9.38 Å². The number of rotatable bonds is 5. The maximum absolute atomic E-state index is 13.6. The first-order valence-electron chi connectivity index (χ1n) is 10.7. The molecule has 3 heterocycles. The minimum atomic E-state index is -0.411. The molecule has 0 saturated heterocycles. The smallest absolute Gasteiger partial charge is 0.349 e. The molecule has 2 aromatic carbocycles. The summed E-state index contributed by atoms with van der Waals surface area (Å²) in [6.45, 7) is 2.23. The molecule has 5 rings (SSSR count). The monoisotopic (exact) mass is 469 g/mol. The third-order valence-corrected chi connectivity index (χ3v) is 5.74. The van der Waals surface area contributed by atoms with Crippen molar-refractivity contribution in [1.29, 1.82) is 0 Å². The van der Waals surface area contributed by atoms with Crippen LogP contribution in [0.1, 0.15) is 11.1 Å². The van der Waals surface area contributed by atoms with E-state index in [2.05, 4.69) is 4.98 Å². The Kier molecular flexibility index (Phi) is 5.74. The quantitative estimate of drug-likeness (QED) is 0.280. The molecule has 0 N–H and O–H groups in total. The molecule has 34 heavy (non-hydrogen) atoms. The summed E-state index contributed by atoms with van der Waals surface area (Å²) in [5, 5.41) is 13.9. The standard InChI is InChI=1S/C27H20ClN3O3/c1-18-7-10-21(11-8-18)34-22-12-14-24-30(16-19-9-13-23(28)29-15-19)26(32)25(27(33)31(24)17-22)20-5-3-2-4-6-20/h2-15,17H,16H2,1H3. The van der Waals surface area contributed by atoms with Gasteiger partial charge in [0, 0.05) is 17.8 Å². The summed E-state index contributed by atoms with van der Waals surface area (Å²) in [5.74, 6) is 0.760. The lowest BCUT2D eigenvalue weighted by atomic mass is 10.1. The maximum atomic E-state index is 13.6. The van der Waals surface area contributed by atoms with Crippen LogP contribution in [0.3, 0.4) is 0 Å². The lowest BCUT2D eigenvalue weighted by Crippen LogP contribution is -2.44. The van der Waals surface area contributed by atoms with E-state index in [4.69, 9.17) is 16.3 Å². The van der Waals surface area contributed by atoms with Crippen LogP contribution in [0.4, 0.5) is 0 Å². The Morgan fingerprint density at radius 1 is 0.971 bits per heavy atom. The Hall–Kier alpha value is -4.16. The van der Waals surface area contributed by atoms with E-state index < -0.39 is 5.56 Å². The lowest BCUT2D eigenvalue weighted by Gasteiger charge is -2.17. The van der Waals surface area contributed by atoms with E-state index in [0.29, 0.717) is 27.9 Å². The van der Waals surface area contributed by atoms with E-state index in [1.807, 2.05) is 37.3 Å². The van der Waals surface area contributed by atoms with Gasteiger partial charge in [0.2, 0.25) is 0 Å². The fourth-order valence-electron chi connectivity index (χ4n) is 3.80. The molecule has 0 spiro atoms. The van der Waals surface area contributed by atoms with E-state index in [1.54, 1.807) is 65.5 Å². The predicted molar refractivity (Wildman–Crippen MR) is 128 cm³/mol. The number of ether oxygens (including phenoxy) is 1. The summed E-state index contributed by atoms with van der Waals surface area (Å²) in [6.07, 6.45) is 3.23. The van der Waals surface area contributed by atoms with Gasteiger partial charge in [-0.2, -0.15) is 4.40 Å². The molecule has 0 aliphatic rings. The number of aryl methyl sites for hydroxylation is 1. The van der Waals surface area contributed by atoms with E-state index >= 15 is 0 Å². The molecule has 6 nitrogen and oxygen atoms in total. The Labute approximate surface area is 200 Å². The third-order valence-electron chi connectivity index (χ3n) is 5.52. The summed E-state index contributed by atoms with van der Waals surface area (Å²) < 4.78 is 8.99. The van der Waals surface area contributed by atoms with Gasteiger partial charge in [-0.1, -0.05) is 65.7 Å². The Morgan fingerprint density at radius 2 is 1.71 bits per heavy atom. The predicted octanol–water partition coefficient (Wildman–Crippen LogP) is 4.53. The van der Waals surface area contributed by atoms with Gasteiger partial charge in [-0.25, -0.2) is 14.3 Å². The zero-order chi connectivity index (χ0) is 23.7. The van der Waals surface area contributed by atoms with E-state index in [9.17, 15) is 9.90 Å². The highest BCUT2D eigenvalue weighted by atomic mass is 35.5. The summed E-state index contributed by atoms with van der Waals surface area (Å²) in [6, 6.07) is 23.5. The van der Waals surface area contributed by atoms with Crippen molar-refractivity contribution in [2.75, 3.05) is 0 Å². The SMILES string of the molecule is Cc1ccc(Oc2ccc3n(c2)c(=O)c(-c2ccccc2)c([O-])[n+]3Cc2ccc(Cl)nc2)cc1. The normalized spacial score (nSPS) is 11.0. The number of hydrogen-bond acceptors (Lipinski definition) is 4. The van der Waals surface area contributed by atoms with Crippen molar-refractivity contribution in [1.82, 2.24) is 9.38 Å². The third kappa shape index (κ3) is 4.23. The maximum Gasteiger partial charge on any atom is 0.349 e. The molecule has 0 bridgehead atoms. The van der Waals surface area contributed by atoms with Crippen LogP contribution < -0.4 is 20.0 Å². The number of benzene rings is 2. The number of hydrogen-bond donors (Lipinski definition) is 0. The van der Waals surface area contributed by atoms with Gasteiger partial charge in [0.15, 0.2) is 5.75 Å². The zero-order valence-corrected chi connectivity index (χ0v) is 19.1. The minimum Gasteiger partial charge on any atom is -0.842 e. The molecular formula is C27H20ClN3O3. The molecule has 3 aromatic heterocycles. The minimum absolute atomic E-state index is 0.0903. The molecule has 7 heteroatoms. The van der Waals surface area contributed by atoms with Crippen molar-refractivity contribution in [3.05, 3.63) is 118 Å². The summed E-state index contributed by atoms with van der Waals surface area (Å²) in [4.78, 5) is 17.6. The number of halogens is 1. The summed E-state index contributed by atoms with van der Waals surface area (Å²) >= 11 is 5.92. The van der Waals surface area contributed by atoms with Crippen LogP contribution in [0.15, 0.2) is 96.1 Å². The van der Waals surface area contributed by atoms with Crippen molar-refractivity contribution in [3.8, 4) is 28.5 Å². The largest absolute Gasteiger partial charge is 0.842 e. The summed E-state index contributed by atoms with van der Waals surface area (Å²) in [7, 11) is 0. The second-order valence-electron chi connectivity index (χ2n) is 7.93. The van der Waals surface area contributed by atoms with Gasteiger partial charge >= 0.3 is 5.56 Å². The second-order valence-corrected chi connectivity index (χ2v) is 8.32. The molecule has 0 fully saturated rings. The fraction of sp³-hybridized carbons (Fsp3) is 0.0741. The van der Waals surface area contributed by atoms with Crippen molar-refractivity contribution in [2.24, 2.45) is 0 Å². The second kappa shape index (κ2) is 9.00. The zero-order valence-electron chi connectivity index (χ0n) is 18.3. The van der Waals surface area contributed by atoms with Gasteiger partial charge in [-0.05, 0) is 36.8 Å². The van der Waals surface area contributed by atoms with Crippen molar-refractivity contribution in [2.45, 2.75) is 13.5 Å². The van der Waals surface area contributed by atoms with Gasteiger partial charge in [-0.15, -0.1) is 0 Å². The number of fused-ring (bicyclic) bond motifs is 1. The van der Waals surface area contributed by atoms with Gasteiger partial charge in [-0.3, -0.25) is 0 Å². The van der Waals surface area contributed by atoms with Crippen LogP contribution in [0, 0.1) is 6.92 Å². The van der Waals surface area contributed by atoms with Gasteiger partial charge in [0.1, 0.15) is 29.2 Å². The van der Waals surface area contributed by atoms with Crippen LogP contribution in [-0.2, 0) is 6.54 Å². The average Bonchev–Trinajstić information content (AvgIpc) is 2.85. The highest BCUT2D eigenvalue weighted by Gasteiger charge is 2.21. The molecule has 0 saturated carbocycles.